The van der Waals surface area contributed by atoms with E-state index in [0.717, 1.165) is 5.56 Å². The van der Waals surface area contributed by atoms with Crippen LogP contribution in [0.5, 0.6) is 11.5 Å². The molecule has 0 aliphatic carbocycles. The topological polar surface area (TPSA) is 27.7 Å². The summed E-state index contributed by atoms with van der Waals surface area (Å²) in [6, 6.07) is 12.5. The molecule has 1 aliphatic heterocycles. The molecule has 2 aromatic carbocycles. The maximum atomic E-state index is 6.30. The summed E-state index contributed by atoms with van der Waals surface area (Å²) in [5.74, 6) is 0.417. The summed E-state index contributed by atoms with van der Waals surface area (Å²) in [5, 5.41) is 1.17. The molecule has 0 atom stereocenters. The fourth-order valence-electron chi connectivity index (χ4n) is 2.04. The first-order valence-corrected chi connectivity index (χ1v) is 7.06. The third-order valence-electron chi connectivity index (χ3n) is 3.12. The molecule has 0 unspecified atom stereocenters. The van der Waals surface area contributed by atoms with Crippen LogP contribution in [0.3, 0.4) is 0 Å². The second-order valence-corrected chi connectivity index (χ2v) is 5.49. The summed E-state index contributed by atoms with van der Waals surface area (Å²) in [4.78, 5) is 0. The number of benzene rings is 2. The van der Waals surface area contributed by atoms with E-state index in [0.29, 0.717) is 21.5 Å². The van der Waals surface area contributed by atoms with Gasteiger partial charge in [0.25, 0.3) is 5.79 Å². The van der Waals surface area contributed by atoms with E-state index in [1.165, 1.54) is 12.5 Å². The van der Waals surface area contributed by atoms with Crippen molar-refractivity contribution in [2.75, 3.05) is 0 Å². The lowest BCUT2D eigenvalue weighted by Gasteiger charge is -2.24. The van der Waals surface area contributed by atoms with Gasteiger partial charge >= 0.3 is 0 Å². The molecule has 0 N–H and O–H groups in total. The van der Waals surface area contributed by atoms with Crippen LogP contribution in [0.25, 0.3) is 0 Å². The normalized spacial score (nSPS) is 15.4. The highest BCUT2D eigenvalue weighted by atomic mass is 35.5. The smallest absolute Gasteiger partial charge is 0.275 e. The molecule has 0 bridgehead atoms. The minimum atomic E-state index is -0.893. The molecule has 0 amide bonds. The Morgan fingerprint density at radius 2 is 1.52 bits per heavy atom. The van der Waals surface area contributed by atoms with Crippen LogP contribution in [0.4, 0.5) is 0 Å². The van der Waals surface area contributed by atoms with Gasteiger partial charge in [-0.1, -0.05) is 23.2 Å². The van der Waals surface area contributed by atoms with Crippen molar-refractivity contribution < 1.29 is 14.2 Å². The Morgan fingerprint density at radius 1 is 0.905 bits per heavy atom. The van der Waals surface area contributed by atoms with Crippen LogP contribution >= 0.6 is 23.2 Å². The van der Waals surface area contributed by atoms with Crippen molar-refractivity contribution in [1.29, 1.82) is 0 Å². The van der Waals surface area contributed by atoms with Crippen LogP contribution in [-0.4, -0.2) is 0 Å². The van der Waals surface area contributed by atoms with Gasteiger partial charge in [-0.2, -0.15) is 0 Å². The lowest BCUT2D eigenvalue weighted by Crippen LogP contribution is -2.22. The lowest BCUT2D eigenvalue weighted by molar-refractivity contribution is -0.133. The Labute approximate surface area is 132 Å². The first-order valence-electron chi connectivity index (χ1n) is 6.31. The molecule has 3 nitrogen and oxygen atoms in total. The quantitative estimate of drug-likeness (QED) is 0.749. The largest absolute Gasteiger partial charge is 0.457 e. The van der Waals surface area contributed by atoms with Gasteiger partial charge in [-0.05, 0) is 42.5 Å². The molecule has 1 heterocycles. The molecule has 0 radical (unpaired) electrons. The Balaban J connectivity index is 1.82. The Morgan fingerprint density at radius 3 is 2.14 bits per heavy atom. The van der Waals surface area contributed by atoms with E-state index in [9.17, 15) is 0 Å². The maximum Gasteiger partial charge on any atom is 0.275 e. The van der Waals surface area contributed by atoms with Crippen LogP contribution in [0, 0.1) is 0 Å². The molecule has 108 valence electrons. The second kappa shape index (κ2) is 5.51. The lowest BCUT2D eigenvalue weighted by atomic mass is 10.1. The van der Waals surface area contributed by atoms with Gasteiger partial charge in [-0.25, -0.2) is 0 Å². The Bertz CT molecular complexity index is 672. The first-order chi connectivity index (χ1) is 10.1. The van der Waals surface area contributed by atoms with Crippen LogP contribution in [0.1, 0.15) is 12.5 Å². The molecule has 2 aromatic rings. The SMILES string of the molecule is CC1(c2ccc(Oc3ccc(Cl)cc3)cc2Cl)OC=CO1. The van der Waals surface area contributed by atoms with E-state index in [1.807, 2.05) is 12.1 Å². The van der Waals surface area contributed by atoms with Crippen molar-refractivity contribution in [3.05, 3.63) is 70.6 Å². The standard InChI is InChI=1S/C16H12Cl2O3/c1-16(19-8-9-20-16)14-7-6-13(10-15(14)18)21-12-4-2-11(17)3-5-12/h2-10H,1H3. The predicted molar refractivity (Wildman–Crippen MR) is 81.6 cm³/mol. The molecule has 0 saturated heterocycles. The number of halogens is 2. The molecule has 3 rings (SSSR count). The third kappa shape index (κ3) is 2.94. The highest BCUT2D eigenvalue weighted by Crippen LogP contribution is 2.38. The van der Waals surface area contributed by atoms with Gasteiger partial charge in [0.05, 0.1) is 10.6 Å². The van der Waals surface area contributed by atoms with Gasteiger partial charge in [0.1, 0.15) is 24.0 Å². The van der Waals surface area contributed by atoms with E-state index in [4.69, 9.17) is 37.4 Å². The summed E-state index contributed by atoms with van der Waals surface area (Å²) >= 11 is 12.1. The van der Waals surface area contributed by atoms with Gasteiger partial charge in [0, 0.05) is 11.9 Å². The molecule has 0 saturated carbocycles. The number of hydrogen-bond donors (Lipinski definition) is 0. The second-order valence-electron chi connectivity index (χ2n) is 4.65. The summed E-state index contributed by atoms with van der Waals surface area (Å²) in [7, 11) is 0. The highest BCUT2D eigenvalue weighted by molar-refractivity contribution is 6.31. The Kier molecular flexibility index (Phi) is 3.70. The van der Waals surface area contributed by atoms with Crippen LogP contribution in [-0.2, 0) is 15.3 Å². The summed E-state index contributed by atoms with van der Waals surface area (Å²) in [5.41, 5.74) is 0.734. The minimum absolute atomic E-state index is 0.507. The number of ether oxygens (including phenoxy) is 3. The minimum Gasteiger partial charge on any atom is -0.457 e. The third-order valence-corrected chi connectivity index (χ3v) is 3.69. The van der Waals surface area contributed by atoms with Crippen LogP contribution < -0.4 is 4.74 Å². The zero-order valence-electron chi connectivity index (χ0n) is 11.2. The van der Waals surface area contributed by atoms with Crippen molar-refractivity contribution in [3.8, 4) is 11.5 Å². The summed E-state index contributed by atoms with van der Waals surface area (Å²) < 4.78 is 16.6. The maximum absolute atomic E-state index is 6.30. The van der Waals surface area contributed by atoms with E-state index in [-0.39, 0.29) is 0 Å². The Hall–Kier alpha value is -1.84. The average molecular weight is 323 g/mol. The van der Waals surface area contributed by atoms with Crippen molar-refractivity contribution in [1.82, 2.24) is 0 Å². The van der Waals surface area contributed by atoms with E-state index in [2.05, 4.69) is 0 Å². The van der Waals surface area contributed by atoms with Gasteiger partial charge in [-0.15, -0.1) is 0 Å². The van der Waals surface area contributed by atoms with Crippen LogP contribution in [0.15, 0.2) is 55.0 Å². The molecule has 0 spiro atoms. The van der Waals surface area contributed by atoms with Crippen LogP contribution in [0.2, 0.25) is 10.0 Å². The molecule has 21 heavy (non-hydrogen) atoms. The van der Waals surface area contributed by atoms with Gasteiger partial charge in [0.15, 0.2) is 0 Å². The van der Waals surface area contributed by atoms with Crippen molar-refractivity contribution in [3.63, 3.8) is 0 Å². The van der Waals surface area contributed by atoms with E-state index in [1.54, 1.807) is 37.3 Å². The average Bonchev–Trinajstić information content (AvgIpc) is 2.89. The summed E-state index contributed by atoms with van der Waals surface area (Å²) in [6.07, 6.45) is 2.99. The molecule has 0 fully saturated rings. The van der Waals surface area contributed by atoms with Crippen molar-refractivity contribution in [2.45, 2.75) is 12.7 Å². The van der Waals surface area contributed by atoms with Gasteiger partial charge in [0.2, 0.25) is 0 Å². The molecular weight excluding hydrogens is 311 g/mol. The fourth-order valence-corrected chi connectivity index (χ4v) is 2.50. The van der Waals surface area contributed by atoms with E-state index < -0.39 is 5.79 Å². The first kappa shape index (κ1) is 14.1. The molecular formula is C16H12Cl2O3. The van der Waals surface area contributed by atoms with Gasteiger partial charge in [-0.3, -0.25) is 0 Å². The zero-order valence-corrected chi connectivity index (χ0v) is 12.7. The number of rotatable bonds is 3. The van der Waals surface area contributed by atoms with Crippen molar-refractivity contribution in [2.24, 2.45) is 0 Å². The van der Waals surface area contributed by atoms with E-state index >= 15 is 0 Å². The molecule has 1 aliphatic rings. The molecule has 5 heteroatoms. The number of hydrogen-bond acceptors (Lipinski definition) is 3. The predicted octanol–water partition coefficient (Wildman–Crippen LogP) is 5.48. The monoisotopic (exact) mass is 322 g/mol. The zero-order chi connectivity index (χ0) is 14.9. The molecule has 0 aromatic heterocycles. The summed E-state index contributed by atoms with van der Waals surface area (Å²) in [6.45, 7) is 1.80. The van der Waals surface area contributed by atoms with Gasteiger partial charge < -0.3 is 14.2 Å². The highest BCUT2D eigenvalue weighted by Gasteiger charge is 2.34. The fraction of sp³-hybridized carbons (Fsp3) is 0.125. The van der Waals surface area contributed by atoms with Crippen molar-refractivity contribution >= 4 is 23.2 Å².